The van der Waals surface area contributed by atoms with Crippen LogP contribution in [0.2, 0.25) is 0 Å². The molecule has 7 nitrogen and oxygen atoms in total. The molecule has 0 radical (unpaired) electrons. The molecule has 0 aromatic heterocycles. The van der Waals surface area contributed by atoms with Crippen LogP contribution in [0.3, 0.4) is 0 Å². The van der Waals surface area contributed by atoms with E-state index in [4.69, 9.17) is 14.2 Å². The number of ether oxygens (including phenoxy) is 3. The van der Waals surface area contributed by atoms with Gasteiger partial charge in [0.1, 0.15) is 12.4 Å². The van der Waals surface area contributed by atoms with E-state index >= 15 is 0 Å². The lowest BCUT2D eigenvalue weighted by molar-refractivity contribution is -0.126. The topological polar surface area (TPSA) is 85.9 Å². The molecule has 0 aliphatic rings. The van der Waals surface area contributed by atoms with E-state index in [0.717, 1.165) is 6.54 Å². The second-order valence-electron chi connectivity index (χ2n) is 5.49. The Kier molecular flexibility index (Phi) is 11.4. The first-order chi connectivity index (χ1) is 12.6. The molecule has 1 aromatic rings. The Bertz CT molecular complexity index is 569. The molecule has 0 bridgehead atoms. The minimum Gasteiger partial charge on any atom is -0.378 e. The summed E-state index contributed by atoms with van der Waals surface area (Å²) in [5, 5.41) is 5.52. The van der Waals surface area contributed by atoms with Gasteiger partial charge < -0.3 is 24.8 Å². The molecule has 0 heterocycles. The number of benzene rings is 1. The number of Topliss-reactive ketones (excluding diaryl/α,β-unsaturated/α-hetero) is 1. The van der Waals surface area contributed by atoms with E-state index < -0.39 is 5.82 Å². The number of likely N-dealkylation sites (N-methyl/N-ethyl adjacent to an activating group) is 1. The van der Waals surface area contributed by atoms with E-state index in [2.05, 4.69) is 10.6 Å². The highest BCUT2D eigenvalue weighted by Crippen LogP contribution is 2.13. The van der Waals surface area contributed by atoms with Gasteiger partial charge in [0, 0.05) is 18.7 Å². The molecule has 26 heavy (non-hydrogen) atoms. The summed E-state index contributed by atoms with van der Waals surface area (Å²) < 4.78 is 29.8. The van der Waals surface area contributed by atoms with Crippen LogP contribution in [-0.4, -0.2) is 64.9 Å². The van der Waals surface area contributed by atoms with Crippen molar-refractivity contribution in [2.24, 2.45) is 0 Å². The summed E-state index contributed by atoms with van der Waals surface area (Å²) in [5.41, 5.74) is 0.271. The minimum atomic E-state index is -0.605. The normalized spacial score (nSPS) is 10.7. The van der Waals surface area contributed by atoms with Crippen LogP contribution in [0, 0.1) is 5.82 Å². The van der Waals surface area contributed by atoms with E-state index in [-0.39, 0.29) is 42.6 Å². The Hall–Kier alpha value is -1.87. The molecular formula is C18H27FN2O5. The van der Waals surface area contributed by atoms with E-state index in [9.17, 15) is 14.0 Å². The first-order valence-corrected chi connectivity index (χ1v) is 8.49. The molecule has 0 aliphatic heterocycles. The molecule has 0 unspecified atom stereocenters. The van der Waals surface area contributed by atoms with E-state index in [1.54, 1.807) is 6.07 Å². The first kappa shape index (κ1) is 22.2. The van der Waals surface area contributed by atoms with Crippen LogP contribution in [0.1, 0.15) is 22.8 Å². The third kappa shape index (κ3) is 9.00. The van der Waals surface area contributed by atoms with Crippen molar-refractivity contribution in [2.45, 2.75) is 13.5 Å². The van der Waals surface area contributed by atoms with E-state index in [1.807, 2.05) is 7.05 Å². The van der Waals surface area contributed by atoms with Crippen LogP contribution in [-0.2, 0) is 25.5 Å². The van der Waals surface area contributed by atoms with Gasteiger partial charge in [-0.25, -0.2) is 4.39 Å². The Balaban J connectivity index is 2.11. The number of ketones is 1. The van der Waals surface area contributed by atoms with Crippen LogP contribution in [0.4, 0.5) is 4.39 Å². The van der Waals surface area contributed by atoms with Gasteiger partial charge in [0.2, 0.25) is 5.91 Å². The van der Waals surface area contributed by atoms with Gasteiger partial charge in [0.15, 0.2) is 5.78 Å². The highest BCUT2D eigenvalue weighted by Gasteiger charge is 2.12. The van der Waals surface area contributed by atoms with Gasteiger partial charge in [0.05, 0.1) is 38.6 Å². The molecule has 1 amide bonds. The summed E-state index contributed by atoms with van der Waals surface area (Å²) in [6, 6.07) is 4.52. The van der Waals surface area contributed by atoms with Crippen molar-refractivity contribution >= 4 is 11.7 Å². The van der Waals surface area contributed by atoms with E-state index in [1.165, 1.54) is 19.1 Å². The first-order valence-electron chi connectivity index (χ1n) is 8.49. The van der Waals surface area contributed by atoms with E-state index in [0.29, 0.717) is 26.4 Å². The number of hydrogen-bond acceptors (Lipinski definition) is 6. The van der Waals surface area contributed by atoms with Crippen LogP contribution < -0.4 is 10.6 Å². The highest BCUT2D eigenvalue weighted by atomic mass is 19.1. The van der Waals surface area contributed by atoms with Gasteiger partial charge in [-0.2, -0.15) is 0 Å². The number of carbonyl (C=O) groups is 2. The van der Waals surface area contributed by atoms with Crippen molar-refractivity contribution in [1.29, 1.82) is 0 Å². The van der Waals surface area contributed by atoms with Gasteiger partial charge in [-0.1, -0.05) is 12.1 Å². The monoisotopic (exact) mass is 370 g/mol. The lowest BCUT2D eigenvalue weighted by Crippen LogP contribution is -2.28. The molecule has 0 fully saturated rings. The summed E-state index contributed by atoms with van der Waals surface area (Å²) in [6.07, 6.45) is 0. The molecule has 146 valence electrons. The summed E-state index contributed by atoms with van der Waals surface area (Å²) >= 11 is 0. The van der Waals surface area contributed by atoms with Crippen molar-refractivity contribution in [2.75, 3.05) is 53.2 Å². The summed E-state index contributed by atoms with van der Waals surface area (Å²) in [6.45, 7) is 4.18. The van der Waals surface area contributed by atoms with Crippen LogP contribution >= 0.6 is 0 Å². The molecule has 1 rings (SSSR count). The molecule has 0 saturated heterocycles. The van der Waals surface area contributed by atoms with Crippen LogP contribution in [0.5, 0.6) is 0 Å². The Morgan fingerprint density at radius 3 is 2.35 bits per heavy atom. The summed E-state index contributed by atoms with van der Waals surface area (Å²) in [4.78, 5) is 23.0. The van der Waals surface area contributed by atoms with Gasteiger partial charge >= 0.3 is 0 Å². The largest absolute Gasteiger partial charge is 0.378 e. The van der Waals surface area contributed by atoms with Crippen molar-refractivity contribution in [1.82, 2.24) is 10.6 Å². The second-order valence-corrected chi connectivity index (χ2v) is 5.49. The molecule has 0 aliphatic carbocycles. The Morgan fingerprint density at radius 2 is 1.69 bits per heavy atom. The third-order valence-electron chi connectivity index (χ3n) is 3.41. The second kappa shape index (κ2) is 13.3. The Morgan fingerprint density at radius 1 is 1.04 bits per heavy atom. The predicted octanol–water partition coefficient (Wildman–Crippen LogP) is 0.914. The van der Waals surface area contributed by atoms with Gasteiger partial charge in [-0.15, -0.1) is 0 Å². The maximum absolute atomic E-state index is 14.1. The zero-order valence-corrected chi connectivity index (χ0v) is 15.3. The zero-order valence-electron chi connectivity index (χ0n) is 15.3. The minimum absolute atomic E-state index is 0.00436. The summed E-state index contributed by atoms with van der Waals surface area (Å²) in [5.74, 6) is -1.33. The number of nitrogens with one attached hydrogen (secondary N) is 2. The van der Waals surface area contributed by atoms with Gasteiger partial charge in [0.25, 0.3) is 0 Å². The highest BCUT2D eigenvalue weighted by molar-refractivity contribution is 5.94. The number of amides is 1. The van der Waals surface area contributed by atoms with Gasteiger partial charge in [-0.3, -0.25) is 9.59 Å². The molecule has 8 heteroatoms. The lowest BCUT2D eigenvalue weighted by Gasteiger charge is -2.09. The fraction of sp³-hybridized carbons (Fsp3) is 0.556. The maximum atomic E-state index is 14.1. The SMILES string of the molecule is CNCCOCCOCCOCC(=O)NCc1cccc(C(C)=O)c1F. The molecule has 0 saturated carbocycles. The maximum Gasteiger partial charge on any atom is 0.246 e. The third-order valence-corrected chi connectivity index (χ3v) is 3.41. The average molecular weight is 370 g/mol. The average Bonchev–Trinajstić information content (AvgIpc) is 2.62. The fourth-order valence-electron chi connectivity index (χ4n) is 2.01. The number of carbonyl (C=O) groups excluding carboxylic acids is 2. The predicted molar refractivity (Wildman–Crippen MR) is 94.6 cm³/mol. The molecule has 2 N–H and O–H groups in total. The number of rotatable bonds is 14. The lowest BCUT2D eigenvalue weighted by atomic mass is 10.1. The van der Waals surface area contributed by atoms with Crippen LogP contribution in [0.25, 0.3) is 0 Å². The fourth-order valence-corrected chi connectivity index (χ4v) is 2.01. The standard InChI is InChI=1S/C18H27FN2O5/c1-14(22)16-5-3-4-15(18(16)19)12-21-17(23)13-26-11-10-25-9-8-24-7-6-20-2/h3-5,20H,6-13H2,1-2H3,(H,21,23). The molecular weight excluding hydrogens is 343 g/mol. The quantitative estimate of drug-likeness (QED) is 0.374. The van der Waals surface area contributed by atoms with Gasteiger partial charge in [-0.05, 0) is 20.0 Å². The molecule has 1 aromatic carbocycles. The van der Waals surface area contributed by atoms with Crippen molar-refractivity contribution in [3.63, 3.8) is 0 Å². The molecule has 0 spiro atoms. The van der Waals surface area contributed by atoms with Crippen molar-refractivity contribution < 1.29 is 28.2 Å². The smallest absolute Gasteiger partial charge is 0.246 e. The zero-order chi connectivity index (χ0) is 19.2. The van der Waals surface area contributed by atoms with Crippen molar-refractivity contribution in [3.8, 4) is 0 Å². The Labute approximate surface area is 153 Å². The number of halogens is 1. The number of hydrogen-bond donors (Lipinski definition) is 2. The summed E-state index contributed by atoms with van der Waals surface area (Å²) in [7, 11) is 1.85. The van der Waals surface area contributed by atoms with Crippen molar-refractivity contribution in [3.05, 3.63) is 35.1 Å². The van der Waals surface area contributed by atoms with Crippen LogP contribution in [0.15, 0.2) is 18.2 Å². The molecule has 0 atom stereocenters.